The first-order valence-electron chi connectivity index (χ1n) is 6.04. The number of benzene rings is 1. The number of thiazole rings is 1. The first kappa shape index (κ1) is 14.0. The third-order valence-electron chi connectivity index (χ3n) is 2.60. The number of aromatic nitrogens is 1. The Morgan fingerprint density at radius 2 is 2.21 bits per heavy atom. The van der Waals surface area contributed by atoms with Gasteiger partial charge in [0, 0.05) is 13.6 Å². The second kappa shape index (κ2) is 6.12. The van der Waals surface area contributed by atoms with Gasteiger partial charge in [-0.3, -0.25) is 0 Å². The maximum atomic E-state index is 5.33. The largest absolute Gasteiger partial charge is 0.359 e. The molecule has 0 saturated heterocycles. The van der Waals surface area contributed by atoms with Crippen LogP contribution in [0.15, 0.2) is 36.4 Å². The van der Waals surface area contributed by atoms with Crippen LogP contribution in [0.2, 0.25) is 0 Å². The number of hydrogen-bond donors (Lipinski definition) is 1. The lowest BCUT2D eigenvalue weighted by Crippen LogP contribution is -2.37. The van der Waals surface area contributed by atoms with E-state index in [2.05, 4.69) is 22.9 Å². The normalized spacial score (nSPS) is 10.4. The van der Waals surface area contributed by atoms with Gasteiger partial charge in [-0.2, -0.15) is 0 Å². The molecular formula is C14H17N3S2. The standard InChI is InChI=1S/C14H17N3S2/c1-10(2)8-15-14(18)17(3)9-13-16-11-6-4-5-7-12(11)19-13/h4-7H,1,8-9H2,2-3H3,(H,15,18). The van der Waals surface area contributed by atoms with Crippen molar-refractivity contribution in [1.29, 1.82) is 0 Å². The smallest absolute Gasteiger partial charge is 0.169 e. The number of nitrogens with zero attached hydrogens (tertiary/aromatic N) is 2. The first-order chi connectivity index (χ1) is 9.06. The van der Waals surface area contributed by atoms with Gasteiger partial charge < -0.3 is 10.2 Å². The van der Waals surface area contributed by atoms with Crippen molar-refractivity contribution in [3.05, 3.63) is 41.4 Å². The van der Waals surface area contributed by atoms with Crippen LogP contribution in [0.25, 0.3) is 10.2 Å². The van der Waals surface area contributed by atoms with Gasteiger partial charge in [-0.1, -0.05) is 24.3 Å². The highest BCUT2D eigenvalue weighted by Crippen LogP contribution is 2.22. The highest BCUT2D eigenvalue weighted by Gasteiger charge is 2.08. The fraction of sp³-hybridized carbons (Fsp3) is 0.286. The average molecular weight is 291 g/mol. The zero-order valence-corrected chi connectivity index (χ0v) is 12.8. The van der Waals surface area contributed by atoms with Crippen molar-refractivity contribution in [3.8, 4) is 0 Å². The van der Waals surface area contributed by atoms with E-state index in [0.717, 1.165) is 27.8 Å². The van der Waals surface area contributed by atoms with Gasteiger partial charge in [0.2, 0.25) is 0 Å². The Labute approximate surface area is 123 Å². The number of nitrogens with one attached hydrogen (secondary N) is 1. The van der Waals surface area contributed by atoms with E-state index in [1.165, 1.54) is 4.70 Å². The van der Waals surface area contributed by atoms with Crippen molar-refractivity contribution >= 4 is 38.9 Å². The first-order valence-corrected chi connectivity index (χ1v) is 7.26. The molecule has 0 fully saturated rings. The molecule has 1 aromatic heterocycles. The van der Waals surface area contributed by atoms with Crippen molar-refractivity contribution in [1.82, 2.24) is 15.2 Å². The third-order valence-corrected chi connectivity index (χ3v) is 4.08. The Balaban J connectivity index is 1.99. The summed E-state index contributed by atoms with van der Waals surface area (Å²) in [5, 5.41) is 4.97. The Hall–Kier alpha value is -1.46. The van der Waals surface area contributed by atoms with Crippen LogP contribution in [0.5, 0.6) is 0 Å². The van der Waals surface area contributed by atoms with Gasteiger partial charge >= 0.3 is 0 Å². The molecule has 0 aliphatic rings. The predicted molar refractivity (Wildman–Crippen MR) is 86.5 cm³/mol. The summed E-state index contributed by atoms with van der Waals surface area (Å²) >= 11 is 7.04. The van der Waals surface area contributed by atoms with Crippen LogP contribution in [-0.4, -0.2) is 28.6 Å². The Kier molecular flexibility index (Phi) is 4.50. The molecule has 0 radical (unpaired) electrons. The van der Waals surface area contributed by atoms with Crippen LogP contribution < -0.4 is 5.32 Å². The fourth-order valence-electron chi connectivity index (χ4n) is 1.62. The van der Waals surface area contributed by atoms with E-state index in [4.69, 9.17) is 12.2 Å². The van der Waals surface area contributed by atoms with Gasteiger partial charge in [-0.15, -0.1) is 11.3 Å². The van der Waals surface area contributed by atoms with E-state index in [9.17, 15) is 0 Å². The van der Waals surface area contributed by atoms with Crippen LogP contribution in [0.3, 0.4) is 0 Å². The molecule has 19 heavy (non-hydrogen) atoms. The second-order valence-corrected chi connectivity index (χ2v) is 6.05. The summed E-state index contributed by atoms with van der Waals surface area (Å²) in [6.45, 7) is 7.26. The Morgan fingerprint density at radius 1 is 1.47 bits per heavy atom. The average Bonchev–Trinajstić information content (AvgIpc) is 2.77. The molecule has 1 heterocycles. The molecule has 2 rings (SSSR count). The van der Waals surface area contributed by atoms with Crippen LogP contribution in [0.1, 0.15) is 11.9 Å². The summed E-state index contributed by atoms with van der Waals surface area (Å²) in [4.78, 5) is 6.60. The lowest BCUT2D eigenvalue weighted by atomic mass is 10.3. The minimum atomic E-state index is 0.711. The molecule has 1 aromatic carbocycles. The monoisotopic (exact) mass is 291 g/mol. The molecule has 0 saturated carbocycles. The number of thiocarbonyl (C=S) groups is 1. The summed E-state index contributed by atoms with van der Waals surface area (Å²) in [6.07, 6.45) is 0. The SMILES string of the molecule is C=C(C)CNC(=S)N(C)Cc1nc2ccccc2s1. The zero-order chi connectivity index (χ0) is 13.8. The molecule has 100 valence electrons. The number of para-hydroxylation sites is 1. The molecule has 2 aromatic rings. The van der Waals surface area contributed by atoms with Crippen molar-refractivity contribution in [2.45, 2.75) is 13.5 Å². The van der Waals surface area contributed by atoms with Crippen molar-refractivity contribution < 1.29 is 0 Å². The van der Waals surface area contributed by atoms with Crippen molar-refractivity contribution in [2.24, 2.45) is 0 Å². The zero-order valence-electron chi connectivity index (χ0n) is 11.1. The molecular weight excluding hydrogens is 274 g/mol. The predicted octanol–water partition coefficient (Wildman–Crippen LogP) is 3.18. The number of rotatable bonds is 4. The molecule has 1 N–H and O–H groups in total. The van der Waals surface area contributed by atoms with Crippen molar-refractivity contribution in [3.63, 3.8) is 0 Å². The third kappa shape index (κ3) is 3.75. The molecule has 0 aliphatic heterocycles. The maximum Gasteiger partial charge on any atom is 0.169 e. The number of hydrogen-bond acceptors (Lipinski definition) is 3. The highest BCUT2D eigenvalue weighted by molar-refractivity contribution is 7.80. The topological polar surface area (TPSA) is 28.2 Å². The van der Waals surface area contributed by atoms with Gasteiger partial charge in [0.1, 0.15) is 5.01 Å². The van der Waals surface area contributed by atoms with E-state index >= 15 is 0 Å². The quantitative estimate of drug-likeness (QED) is 0.692. The van der Waals surface area contributed by atoms with Crippen LogP contribution in [-0.2, 0) is 6.54 Å². The van der Waals surface area contributed by atoms with Gasteiger partial charge in [-0.05, 0) is 31.3 Å². The summed E-state index contributed by atoms with van der Waals surface area (Å²) in [7, 11) is 1.97. The van der Waals surface area contributed by atoms with E-state index < -0.39 is 0 Å². The lowest BCUT2D eigenvalue weighted by molar-refractivity contribution is 0.491. The summed E-state index contributed by atoms with van der Waals surface area (Å²) < 4.78 is 1.21. The van der Waals surface area contributed by atoms with E-state index in [1.54, 1.807) is 11.3 Å². The van der Waals surface area contributed by atoms with Crippen LogP contribution in [0.4, 0.5) is 0 Å². The van der Waals surface area contributed by atoms with Gasteiger partial charge in [0.25, 0.3) is 0 Å². The van der Waals surface area contributed by atoms with Crippen LogP contribution in [0, 0.1) is 0 Å². The molecule has 3 nitrogen and oxygen atoms in total. The van der Waals surface area contributed by atoms with E-state index in [0.29, 0.717) is 6.54 Å². The molecule has 0 spiro atoms. The van der Waals surface area contributed by atoms with Gasteiger partial charge in [0.05, 0.1) is 16.8 Å². The molecule has 0 amide bonds. The lowest BCUT2D eigenvalue weighted by Gasteiger charge is -2.19. The Bertz CT molecular complexity index is 571. The Morgan fingerprint density at radius 3 is 2.89 bits per heavy atom. The highest BCUT2D eigenvalue weighted by atomic mass is 32.1. The minimum Gasteiger partial charge on any atom is -0.359 e. The molecule has 5 heteroatoms. The molecule has 0 atom stereocenters. The summed E-state index contributed by atoms with van der Waals surface area (Å²) in [5.74, 6) is 0. The van der Waals surface area contributed by atoms with Crippen LogP contribution >= 0.6 is 23.6 Å². The van der Waals surface area contributed by atoms with E-state index in [1.807, 2.05) is 37.1 Å². The van der Waals surface area contributed by atoms with E-state index in [-0.39, 0.29) is 0 Å². The molecule has 0 bridgehead atoms. The van der Waals surface area contributed by atoms with Crippen molar-refractivity contribution in [2.75, 3.05) is 13.6 Å². The van der Waals surface area contributed by atoms with Gasteiger partial charge in [-0.25, -0.2) is 4.98 Å². The second-order valence-electron chi connectivity index (χ2n) is 4.55. The molecule has 0 unspecified atom stereocenters. The fourth-order valence-corrected chi connectivity index (χ4v) is 2.78. The summed E-state index contributed by atoms with van der Waals surface area (Å²) in [6, 6.07) is 8.17. The summed E-state index contributed by atoms with van der Waals surface area (Å²) in [5.41, 5.74) is 2.12. The number of fused-ring (bicyclic) bond motifs is 1. The minimum absolute atomic E-state index is 0.711. The van der Waals surface area contributed by atoms with Gasteiger partial charge in [0.15, 0.2) is 5.11 Å². The molecule has 0 aliphatic carbocycles. The maximum absolute atomic E-state index is 5.33.